The van der Waals surface area contributed by atoms with Crippen molar-refractivity contribution in [3.63, 3.8) is 0 Å². The van der Waals surface area contributed by atoms with Gasteiger partial charge in [-0.3, -0.25) is 0 Å². The zero-order chi connectivity index (χ0) is 21.3. The molecule has 3 aromatic rings. The van der Waals surface area contributed by atoms with Crippen molar-refractivity contribution >= 4 is 29.9 Å². The van der Waals surface area contributed by atoms with Gasteiger partial charge in [0.2, 0.25) is 5.88 Å². The van der Waals surface area contributed by atoms with Crippen molar-refractivity contribution in [2.75, 3.05) is 6.54 Å². The summed E-state index contributed by atoms with van der Waals surface area (Å²) < 4.78 is 23.9. The van der Waals surface area contributed by atoms with Crippen LogP contribution in [0.5, 0.6) is 11.6 Å². The number of nitrogens with one attached hydrogen (secondary N) is 2. The van der Waals surface area contributed by atoms with E-state index in [1.165, 1.54) is 12.1 Å². The molecule has 0 saturated heterocycles. The Labute approximate surface area is 198 Å². The van der Waals surface area contributed by atoms with E-state index in [2.05, 4.69) is 39.6 Å². The highest BCUT2D eigenvalue weighted by Gasteiger charge is 2.08. The summed E-state index contributed by atoms with van der Waals surface area (Å²) in [5.74, 6) is 2.41. The molecular formula is C22H27FIN5O2. The number of aromatic nitrogens is 2. The number of aliphatic imine (C=N–C) groups is 1. The minimum atomic E-state index is -0.308. The lowest BCUT2D eigenvalue weighted by Gasteiger charge is -2.10. The molecule has 2 aromatic heterocycles. The largest absolute Gasteiger partial charge is 0.439 e. The number of benzene rings is 1. The van der Waals surface area contributed by atoms with Crippen LogP contribution >= 0.6 is 24.0 Å². The van der Waals surface area contributed by atoms with Crippen molar-refractivity contribution in [1.29, 1.82) is 0 Å². The number of halogens is 2. The van der Waals surface area contributed by atoms with Gasteiger partial charge in [-0.15, -0.1) is 24.0 Å². The first-order chi connectivity index (χ1) is 14.5. The topological polar surface area (TPSA) is 84.6 Å². The molecule has 0 aliphatic rings. The molecule has 0 saturated carbocycles. The zero-order valence-corrected chi connectivity index (χ0v) is 20.1. The average Bonchev–Trinajstić information content (AvgIpc) is 3.22. The first-order valence-corrected chi connectivity index (χ1v) is 9.89. The van der Waals surface area contributed by atoms with Gasteiger partial charge in [0.15, 0.2) is 11.7 Å². The van der Waals surface area contributed by atoms with Crippen LogP contribution in [0.15, 0.2) is 58.2 Å². The minimum Gasteiger partial charge on any atom is -0.439 e. The molecule has 0 fully saturated rings. The highest BCUT2D eigenvalue weighted by atomic mass is 127. The van der Waals surface area contributed by atoms with Crippen molar-refractivity contribution in [1.82, 2.24) is 20.8 Å². The fourth-order valence-electron chi connectivity index (χ4n) is 2.56. The van der Waals surface area contributed by atoms with Gasteiger partial charge in [0, 0.05) is 24.9 Å². The van der Waals surface area contributed by atoms with Crippen molar-refractivity contribution in [2.45, 2.75) is 39.8 Å². The number of rotatable bonds is 8. The molecule has 0 atom stereocenters. The molecule has 7 nitrogen and oxygen atoms in total. The Hall–Kier alpha value is -2.69. The second-order valence-corrected chi connectivity index (χ2v) is 6.98. The fraction of sp³-hybridized carbons (Fsp3) is 0.318. The van der Waals surface area contributed by atoms with E-state index in [1.807, 2.05) is 19.1 Å². The maximum Gasteiger partial charge on any atom is 0.219 e. The summed E-state index contributed by atoms with van der Waals surface area (Å²) in [6, 6.07) is 11.4. The Balaban J connectivity index is 0.00000341. The van der Waals surface area contributed by atoms with Crippen molar-refractivity contribution in [2.24, 2.45) is 4.99 Å². The summed E-state index contributed by atoms with van der Waals surface area (Å²) in [5, 5.41) is 10.5. The first-order valence-electron chi connectivity index (χ1n) is 9.89. The van der Waals surface area contributed by atoms with Gasteiger partial charge in [-0.05, 0) is 42.7 Å². The van der Waals surface area contributed by atoms with E-state index in [0.717, 1.165) is 23.6 Å². The standard InChI is InChI=1S/C22H26FN5O2.HI/c1-4-24-22(27-14-19-11-20(15(2)3)28-30-19)26-13-16-5-10-21(25-12-16)29-18-8-6-17(23)7-9-18;/h5-12,15H,4,13-14H2,1-3H3,(H2,24,26,27);1H. The summed E-state index contributed by atoms with van der Waals surface area (Å²) in [6.07, 6.45) is 1.71. The van der Waals surface area contributed by atoms with E-state index in [9.17, 15) is 4.39 Å². The van der Waals surface area contributed by atoms with Crippen LogP contribution in [-0.2, 0) is 13.1 Å². The summed E-state index contributed by atoms with van der Waals surface area (Å²) in [5.41, 5.74) is 1.86. The number of hydrogen-bond donors (Lipinski definition) is 2. The minimum absolute atomic E-state index is 0. The molecule has 0 radical (unpaired) electrons. The number of hydrogen-bond acceptors (Lipinski definition) is 5. The molecule has 0 spiro atoms. The lowest BCUT2D eigenvalue weighted by molar-refractivity contribution is 0.372. The van der Waals surface area contributed by atoms with E-state index in [-0.39, 0.29) is 29.8 Å². The van der Waals surface area contributed by atoms with E-state index in [1.54, 1.807) is 24.4 Å². The lowest BCUT2D eigenvalue weighted by atomic mass is 10.1. The van der Waals surface area contributed by atoms with Gasteiger partial charge in [0.05, 0.1) is 18.8 Å². The smallest absolute Gasteiger partial charge is 0.219 e. The van der Waals surface area contributed by atoms with Crippen LogP contribution < -0.4 is 15.4 Å². The SMILES string of the molecule is CCNC(=NCc1ccc(Oc2ccc(F)cc2)nc1)NCc1cc(C(C)C)no1.I. The van der Waals surface area contributed by atoms with Crippen LogP contribution in [-0.4, -0.2) is 22.6 Å². The molecule has 3 rings (SSSR count). The van der Waals surface area contributed by atoms with E-state index >= 15 is 0 Å². The highest BCUT2D eigenvalue weighted by Crippen LogP contribution is 2.19. The van der Waals surface area contributed by atoms with Crippen LogP contribution in [0.4, 0.5) is 4.39 Å². The summed E-state index contributed by atoms with van der Waals surface area (Å²) in [4.78, 5) is 8.86. The second-order valence-electron chi connectivity index (χ2n) is 6.98. The van der Waals surface area contributed by atoms with Crippen LogP contribution in [0.2, 0.25) is 0 Å². The number of nitrogens with zero attached hydrogens (tertiary/aromatic N) is 3. The Bertz CT molecular complexity index is 959. The van der Waals surface area contributed by atoms with Crippen LogP contribution in [0, 0.1) is 5.82 Å². The Morgan fingerprint density at radius 2 is 1.94 bits per heavy atom. The molecule has 31 heavy (non-hydrogen) atoms. The van der Waals surface area contributed by atoms with Gasteiger partial charge < -0.3 is 19.9 Å². The van der Waals surface area contributed by atoms with Gasteiger partial charge in [-0.25, -0.2) is 14.4 Å². The molecule has 166 valence electrons. The fourth-order valence-corrected chi connectivity index (χ4v) is 2.56. The summed E-state index contributed by atoms with van der Waals surface area (Å²) in [6.45, 7) is 7.84. The van der Waals surface area contributed by atoms with Crippen LogP contribution in [0.3, 0.4) is 0 Å². The predicted molar refractivity (Wildman–Crippen MR) is 128 cm³/mol. The van der Waals surface area contributed by atoms with Crippen LogP contribution in [0.25, 0.3) is 0 Å². The maximum atomic E-state index is 13.0. The highest BCUT2D eigenvalue weighted by molar-refractivity contribution is 14.0. The monoisotopic (exact) mass is 539 g/mol. The van der Waals surface area contributed by atoms with Gasteiger partial charge in [-0.2, -0.15) is 0 Å². The van der Waals surface area contributed by atoms with Crippen molar-refractivity contribution < 1.29 is 13.7 Å². The molecular weight excluding hydrogens is 512 g/mol. The molecule has 0 unspecified atom stereocenters. The van der Waals surface area contributed by atoms with Gasteiger partial charge in [-0.1, -0.05) is 25.1 Å². The third kappa shape index (κ3) is 7.82. The van der Waals surface area contributed by atoms with Gasteiger partial charge in [0.25, 0.3) is 0 Å². The van der Waals surface area contributed by atoms with Crippen LogP contribution in [0.1, 0.15) is 43.7 Å². The molecule has 1 aromatic carbocycles. The van der Waals surface area contributed by atoms with Gasteiger partial charge in [0.1, 0.15) is 11.6 Å². The first kappa shape index (κ1) is 24.6. The van der Waals surface area contributed by atoms with E-state index < -0.39 is 0 Å². The molecule has 2 heterocycles. The number of pyridine rings is 1. The number of ether oxygens (including phenoxy) is 1. The Kier molecular flexibility index (Phi) is 9.70. The Morgan fingerprint density at radius 1 is 1.16 bits per heavy atom. The summed E-state index contributed by atoms with van der Waals surface area (Å²) >= 11 is 0. The van der Waals surface area contributed by atoms with E-state index in [4.69, 9.17) is 9.26 Å². The average molecular weight is 539 g/mol. The zero-order valence-electron chi connectivity index (χ0n) is 17.8. The molecule has 0 aliphatic carbocycles. The van der Waals surface area contributed by atoms with Crippen molar-refractivity contribution in [3.05, 3.63) is 71.5 Å². The Morgan fingerprint density at radius 3 is 2.55 bits per heavy atom. The third-order valence-corrected chi connectivity index (χ3v) is 4.20. The molecule has 2 N–H and O–H groups in total. The van der Waals surface area contributed by atoms with E-state index in [0.29, 0.717) is 36.6 Å². The van der Waals surface area contributed by atoms with Crippen molar-refractivity contribution in [3.8, 4) is 11.6 Å². The summed E-state index contributed by atoms with van der Waals surface area (Å²) in [7, 11) is 0. The molecule has 9 heteroatoms. The van der Waals surface area contributed by atoms with Gasteiger partial charge >= 0.3 is 0 Å². The lowest BCUT2D eigenvalue weighted by Crippen LogP contribution is -2.36. The molecule has 0 aliphatic heterocycles. The normalized spacial score (nSPS) is 11.2. The molecule has 0 bridgehead atoms. The second kappa shape index (κ2) is 12.2. The molecule has 0 amide bonds. The quantitative estimate of drug-likeness (QED) is 0.238. The maximum absolute atomic E-state index is 13.0. The predicted octanol–water partition coefficient (Wildman–Crippen LogP) is 5.00. The third-order valence-electron chi connectivity index (χ3n) is 4.20. The number of guanidine groups is 1.